The van der Waals surface area contributed by atoms with Crippen molar-refractivity contribution in [2.75, 3.05) is 5.73 Å². The Balaban J connectivity index is 2.42. The summed E-state index contributed by atoms with van der Waals surface area (Å²) in [5.74, 6) is 0. The van der Waals surface area contributed by atoms with Crippen LogP contribution in [0.2, 0.25) is 0 Å². The Hall–Kier alpha value is -1.77. The van der Waals surface area contributed by atoms with Gasteiger partial charge in [-0.2, -0.15) is 5.10 Å². The van der Waals surface area contributed by atoms with Crippen molar-refractivity contribution in [3.05, 3.63) is 36.2 Å². The minimum Gasteiger partial charge on any atom is -0.398 e. The van der Waals surface area contributed by atoms with Gasteiger partial charge < -0.3 is 5.73 Å². The summed E-state index contributed by atoms with van der Waals surface area (Å²) < 4.78 is 1.79. The molecule has 2 N–H and O–H groups in total. The van der Waals surface area contributed by atoms with Gasteiger partial charge in [0, 0.05) is 24.5 Å². The van der Waals surface area contributed by atoms with Crippen molar-refractivity contribution in [1.29, 1.82) is 0 Å². The second-order valence-corrected chi connectivity index (χ2v) is 3.67. The summed E-state index contributed by atoms with van der Waals surface area (Å²) >= 11 is 0. The van der Waals surface area contributed by atoms with Crippen LogP contribution >= 0.6 is 0 Å². The van der Waals surface area contributed by atoms with Gasteiger partial charge in [-0.05, 0) is 23.6 Å². The molecule has 0 unspecified atom stereocenters. The molecule has 0 aliphatic rings. The fourth-order valence-corrected chi connectivity index (χ4v) is 1.67. The highest BCUT2D eigenvalue weighted by atomic mass is 15.2. The molecule has 0 atom stereocenters. The van der Waals surface area contributed by atoms with E-state index in [1.165, 1.54) is 5.56 Å². The third kappa shape index (κ3) is 1.86. The normalized spacial score (nSPS) is 10.5. The molecule has 3 nitrogen and oxygen atoms in total. The molecule has 15 heavy (non-hydrogen) atoms. The number of hydrogen-bond acceptors (Lipinski definition) is 2. The van der Waals surface area contributed by atoms with Crippen LogP contribution in [0.25, 0.3) is 11.1 Å². The number of nitrogens with zero attached hydrogens (tertiary/aromatic N) is 2. The van der Waals surface area contributed by atoms with Gasteiger partial charge in [-0.3, -0.25) is 4.68 Å². The summed E-state index contributed by atoms with van der Waals surface area (Å²) in [7, 11) is 1.91. The van der Waals surface area contributed by atoms with Crippen LogP contribution in [0.15, 0.2) is 30.6 Å². The summed E-state index contributed by atoms with van der Waals surface area (Å²) in [6.07, 6.45) is 4.81. The maximum Gasteiger partial charge on any atom is 0.0568 e. The maximum atomic E-state index is 5.95. The molecule has 1 heterocycles. The molecule has 78 valence electrons. The maximum absolute atomic E-state index is 5.95. The van der Waals surface area contributed by atoms with Crippen LogP contribution < -0.4 is 5.73 Å². The van der Waals surface area contributed by atoms with E-state index in [4.69, 9.17) is 5.73 Å². The number of aromatic nitrogens is 2. The average Bonchev–Trinajstić information content (AvgIpc) is 2.65. The van der Waals surface area contributed by atoms with Crippen molar-refractivity contribution in [3.63, 3.8) is 0 Å². The number of hydrogen-bond donors (Lipinski definition) is 1. The Bertz CT molecular complexity index is 471. The van der Waals surface area contributed by atoms with Gasteiger partial charge in [0.25, 0.3) is 0 Å². The van der Waals surface area contributed by atoms with E-state index in [-0.39, 0.29) is 0 Å². The highest BCUT2D eigenvalue weighted by Gasteiger charge is 2.03. The number of nitrogens with two attached hydrogens (primary N) is 1. The van der Waals surface area contributed by atoms with Crippen LogP contribution in [0.1, 0.15) is 12.5 Å². The first-order valence-electron chi connectivity index (χ1n) is 5.08. The molecule has 1 aromatic heterocycles. The Morgan fingerprint density at radius 1 is 1.33 bits per heavy atom. The Kier molecular flexibility index (Phi) is 2.46. The second-order valence-electron chi connectivity index (χ2n) is 3.67. The second kappa shape index (κ2) is 3.77. The van der Waals surface area contributed by atoms with Crippen molar-refractivity contribution in [3.8, 4) is 11.1 Å². The van der Waals surface area contributed by atoms with Crippen molar-refractivity contribution in [1.82, 2.24) is 9.78 Å². The van der Waals surface area contributed by atoms with Crippen molar-refractivity contribution < 1.29 is 0 Å². The lowest BCUT2D eigenvalue weighted by atomic mass is 10.0. The Morgan fingerprint density at radius 2 is 2.13 bits per heavy atom. The zero-order chi connectivity index (χ0) is 10.8. The third-order valence-corrected chi connectivity index (χ3v) is 2.56. The van der Waals surface area contributed by atoms with Crippen LogP contribution in [0.5, 0.6) is 0 Å². The van der Waals surface area contributed by atoms with E-state index >= 15 is 0 Å². The fraction of sp³-hybridized carbons (Fsp3) is 0.250. The number of benzene rings is 1. The molecule has 0 amide bonds. The molecule has 0 saturated carbocycles. The minimum atomic E-state index is 0.860. The van der Waals surface area contributed by atoms with E-state index in [2.05, 4.69) is 24.2 Å². The Labute approximate surface area is 89.5 Å². The van der Waals surface area contributed by atoms with Crippen LogP contribution in [0.3, 0.4) is 0 Å². The zero-order valence-electron chi connectivity index (χ0n) is 9.07. The first-order chi connectivity index (χ1) is 7.20. The van der Waals surface area contributed by atoms with Gasteiger partial charge in [0.05, 0.1) is 6.20 Å². The van der Waals surface area contributed by atoms with Gasteiger partial charge in [0.2, 0.25) is 0 Å². The third-order valence-electron chi connectivity index (χ3n) is 2.56. The smallest absolute Gasteiger partial charge is 0.0568 e. The highest BCUT2D eigenvalue weighted by Crippen LogP contribution is 2.23. The van der Waals surface area contributed by atoms with Gasteiger partial charge in [0.1, 0.15) is 0 Å². The van der Waals surface area contributed by atoms with Crippen LogP contribution in [0, 0.1) is 0 Å². The van der Waals surface area contributed by atoms with Crippen molar-refractivity contribution in [2.45, 2.75) is 13.3 Å². The summed E-state index contributed by atoms with van der Waals surface area (Å²) in [4.78, 5) is 0. The first kappa shape index (κ1) is 9.77. The van der Waals surface area contributed by atoms with E-state index in [0.29, 0.717) is 0 Å². The molecule has 0 bridgehead atoms. The summed E-state index contributed by atoms with van der Waals surface area (Å²) in [5, 5.41) is 4.14. The minimum absolute atomic E-state index is 0.860. The molecule has 1 aromatic carbocycles. The molecular weight excluding hydrogens is 186 g/mol. The molecule has 0 aliphatic carbocycles. The van der Waals surface area contributed by atoms with E-state index in [1.807, 2.05) is 25.5 Å². The Morgan fingerprint density at radius 3 is 2.67 bits per heavy atom. The molecule has 0 radical (unpaired) electrons. The van der Waals surface area contributed by atoms with E-state index in [9.17, 15) is 0 Å². The predicted octanol–water partition coefficient (Wildman–Crippen LogP) is 2.23. The molecular formula is C12H15N3. The van der Waals surface area contributed by atoms with E-state index in [1.54, 1.807) is 4.68 Å². The lowest BCUT2D eigenvalue weighted by Gasteiger charge is -2.04. The van der Waals surface area contributed by atoms with Crippen LogP contribution in [-0.4, -0.2) is 9.78 Å². The quantitative estimate of drug-likeness (QED) is 0.757. The summed E-state index contributed by atoms with van der Waals surface area (Å²) in [6.45, 7) is 2.11. The largest absolute Gasteiger partial charge is 0.398 e. The molecule has 2 rings (SSSR count). The van der Waals surface area contributed by atoms with Gasteiger partial charge in [-0.15, -0.1) is 0 Å². The van der Waals surface area contributed by atoms with Gasteiger partial charge >= 0.3 is 0 Å². The molecule has 3 heteroatoms. The standard InChI is InChI=1S/C12H15N3/c1-3-9-4-5-10(6-12(9)13)11-7-14-15(2)8-11/h4-8H,3,13H2,1-2H3. The monoisotopic (exact) mass is 201 g/mol. The first-order valence-corrected chi connectivity index (χ1v) is 5.08. The fourth-order valence-electron chi connectivity index (χ4n) is 1.67. The lowest BCUT2D eigenvalue weighted by molar-refractivity contribution is 0.768. The number of nitrogen functional groups attached to an aromatic ring is 1. The summed E-state index contributed by atoms with van der Waals surface area (Å²) in [6, 6.07) is 6.18. The van der Waals surface area contributed by atoms with Gasteiger partial charge in [-0.1, -0.05) is 19.1 Å². The van der Waals surface area contributed by atoms with Crippen molar-refractivity contribution >= 4 is 5.69 Å². The van der Waals surface area contributed by atoms with Gasteiger partial charge in [0.15, 0.2) is 0 Å². The van der Waals surface area contributed by atoms with Crippen molar-refractivity contribution in [2.24, 2.45) is 7.05 Å². The predicted molar refractivity (Wildman–Crippen MR) is 62.4 cm³/mol. The molecule has 0 saturated heterocycles. The lowest BCUT2D eigenvalue weighted by Crippen LogP contribution is -1.92. The van der Waals surface area contributed by atoms with E-state index < -0.39 is 0 Å². The number of anilines is 1. The summed E-state index contributed by atoms with van der Waals surface area (Å²) in [5.41, 5.74) is 10.2. The SMILES string of the molecule is CCc1ccc(-c2cnn(C)c2)cc1N. The molecule has 2 aromatic rings. The topological polar surface area (TPSA) is 43.8 Å². The van der Waals surface area contributed by atoms with Crippen LogP contribution in [-0.2, 0) is 13.5 Å². The number of aryl methyl sites for hydroxylation is 2. The highest BCUT2D eigenvalue weighted by molar-refractivity contribution is 5.67. The molecule has 0 spiro atoms. The number of rotatable bonds is 2. The average molecular weight is 201 g/mol. The zero-order valence-corrected chi connectivity index (χ0v) is 9.07. The van der Waals surface area contributed by atoms with E-state index in [0.717, 1.165) is 23.2 Å². The van der Waals surface area contributed by atoms with Crippen LogP contribution in [0.4, 0.5) is 5.69 Å². The molecule has 0 fully saturated rings. The van der Waals surface area contributed by atoms with Gasteiger partial charge in [-0.25, -0.2) is 0 Å². The molecule has 0 aliphatic heterocycles.